The number of aromatic nitrogens is 3. The fourth-order valence-corrected chi connectivity index (χ4v) is 2.57. The first kappa shape index (κ1) is 12.2. The minimum Gasteiger partial charge on any atom is -0.354 e. The predicted molar refractivity (Wildman–Crippen MR) is 78.2 cm³/mol. The monoisotopic (exact) mass is 317 g/mol. The number of benzene rings is 1. The highest BCUT2D eigenvalue weighted by Gasteiger charge is 2.06. The van der Waals surface area contributed by atoms with Gasteiger partial charge in [-0.2, -0.15) is 0 Å². The number of aryl methyl sites for hydroxylation is 1. The van der Waals surface area contributed by atoms with Crippen LogP contribution < -0.4 is 5.56 Å². The predicted octanol–water partition coefficient (Wildman–Crippen LogP) is 2.55. The molecule has 3 rings (SSSR count). The lowest BCUT2D eigenvalue weighted by Crippen LogP contribution is -2.20. The second kappa shape index (κ2) is 4.66. The number of nitrogens with zero attached hydrogens (tertiary/aromatic N) is 3. The lowest BCUT2D eigenvalue weighted by Gasteiger charge is -2.05. The highest BCUT2D eigenvalue weighted by molar-refractivity contribution is 9.10. The molecule has 0 spiro atoms. The van der Waals surface area contributed by atoms with Crippen LogP contribution in [-0.2, 0) is 13.6 Å². The van der Waals surface area contributed by atoms with E-state index in [4.69, 9.17) is 0 Å². The van der Waals surface area contributed by atoms with Gasteiger partial charge in [-0.1, -0.05) is 28.1 Å². The maximum absolute atomic E-state index is 12.3. The van der Waals surface area contributed by atoms with E-state index in [2.05, 4.69) is 20.9 Å². The number of halogens is 1. The average Bonchev–Trinajstić information content (AvgIpc) is 2.75. The maximum Gasteiger partial charge on any atom is 0.263 e. The van der Waals surface area contributed by atoms with E-state index in [1.807, 2.05) is 48.3 Å². The minimum atomic E-state index is -0.00873. The first-order chi connectivity index (χ1) is 9.13. The topological polar surface area (TPSA) is 39.8 Å². The third-order valence-corrected chi connectivity index (χ3v) is 3.50. The first-order valence-electron chi connectivity index (χ1n) is 5.89. The van der Waals surface area contributed by atoms with Crippen LogP contribution in [0.15, 0.2) is 52.3 Å². The van der Waals surface area contributed by atoms with Crippen molar-refractivity contribution in [3.63, 3.8) is 0 Å². The fraction of sp³-hybridized carbons (Fsp3) is 0.143. The van der Waals surface area contributed by atoms with E-state index >= 15 is 0 Å². The van der Waals surface area contributed by atoms with Crippen LogP contribution in [0, 0.1) is 0 Å². The molecule has 19 heavy (non-hydrogen) atoms. The van der Waals surface area contributed by atoms with Crippen LogP contribution in [0.1, 0.15) is 5.56 Å². The summed E-state index contributed by atoms with van der Waals surface area (Å²) in [5.41, 5.74) is 1.79. The zero-order valence-corrected chi connectivity index (χ0v) is 12.0. The van der Waals surface area contributed by atoms with Gasteiger partial charge in [0.2, 0.25) is 0 Å². The molecule has 5 heteroatoms. The van der Waals surface area contributed by atoms with Crippen molar-refractivity contribution in [2.75, 3.05) is 0 Å². The second-order valence-corrected chi connectivity index (χ2v) is 5.45. The molecule has 0 amide bonds. The number of hydrogen-bond donors (Lipinski definition) is 0. The Morgan fingerprint density at radius 2 is 2.16 bits per heavy atom. The summed E-state index contributed by atoms with van der Waals surface area (Å²) in [6.07, 6.45) is 5.26. The number of rotatable bonds is 2. The van der Waals surface area contributed by atoms with Crippen molar-refractivity contribution in [1.82, 2.24) is 14.1 Å². The molecule has 0 N–H and O–H groups in total. The van der Waals surface area contributed by atoms with Crippen molar-refractivity contribution in [2.24, 2.45) is 7.05 Å². The van der Waals surface area contributed by atoms with Gasteiger partial charge in [0.05, 0.1) is 23.8 Å². The molecule has 0 saturated carbocycles. The highest BCUT2D eigenvalue weighted by Crippen LogP contribution is 2.13. The lowest BCUT2D eigenvalue weighted by molar-refractivity contribution is 0.748. The van der Waals surface area contributed by atoms with Crippen LogP contribution in [-0.4, -0.2) is 14.1 Å². The molecule has 0 unspecified atom stereocenters. The van der Waals surface area contributed by atoms with Crippen molar-refractivity contribution < 1.29 is 0 Å². The SMILES string of the molecule is Cn1cc2ncn(Cc3cccc(Br)c3)c(=O)c2c1. The Kier molecular flexibility index (Phi) is 2.98. The van der Waals surface area contributed by atoms with E-state index in [1.54, 1.807) is 10.9 Å². The standard InChI is InChI=1S/C14H12BrN3O/c1-17-7-12-13(8-17)16-9-18(14(12)19)6-10-3-2-4-11(15)5-10/h2-5,7-9H,6H2,1H3. The summed E-state index contributed by atoms with van der Waals surface area (Å²) in [5, 5.41) is 0.653. The van der Waals surface area contributed by atoms with Gasteiger partial charge in [-0.05, 0) is 17.7 Å². The zero-order valence-electron chi connectivity index (χ0n) is 10.4. The lowest BCUT2D eigenvalue weighted by atomic mass is 10.2. The van der Waals surface area contributed by atoms with Gasteiger partial charge in [-0.3, -0.25) is 9.36 Å². The van der Waals surface area contributed by atoms with E-state index in [1.165, 1.54) is 0 Å². The second-order valence-electron chi connectivity index (χ2n) is 4.53. The van der Waals surface area contributed by atoms with Crippen molar-refractivity contribution in [3.8, 4) is 0 Å². The molecular weight excluding hydrogens is 306 g/mol. The Morgan fingerprint density at radius 3 is 2.95 bits per heavy atom. The molecule has 0 radical (unpaired) electrons. The summed E-state index contributed by atoms with van der Waals surface area (Å²) in [7, 11) is 1.89. The molecule has 2 heterocycles. The molecule has 0 bridgehead atoms. The minimum absolute atomic E-state index is 0.00873. The van der Waals surface area contributed by atoms with E-state index in [9.17, 15) is 4.79 Å². The molecule has 4 nitrogen and oxygen atoms in total. The van der Waals surface area contributed by atoms with Gasteiger partial charge >= 0.3 is 0 Å². The Morgan fingerprint density at radius 1 is 1.32 bits per heavy atom. The van der Waals surface area contributed by atoms with Crippen molar-refractivity contribution in [2.45, 2.75) is 6.54 Å². The molecule has 0 saturated heterocycles. The third-order valence-electron chi connectivity index (χ3n) is 3.00. The van der Waals surface area contributed by atoms with Crippen LogP contribution in [0.2, 0.25) is 0 Å². The summed E-state index contributed by atoms with van der Waals surface area (Å²) in [6, 6.07) is 7.91. The Balaban J connectivity index is 2.06. The largest absolute Gasteiger partial charge is 0.354 e. The molecule has 0 fully saturated rings. The fourth-order valence-electron chi connectivity index (χ4n) is 2.12. The molecular formula is C14H12BrN3O. The normalized spacial score (nSPS) is 11.1. The van der Waals surface area contributed by atoms with Crippen molar-refractivity contribution >= 4 is 26.8 Å². The third kappa shape index (κ3) is 2.33. The quantitative estimate of drug-likeness (QED) is 0.728. The molecule has 3 aromatic rings. The van der Waals surface area contributed by atoms with Crippen LogP contribution in [0.25, 0.3) is 10.9 Å². The summed E-state index contributed by atoms with van der Waals surface area (Å²) >= 11 is 3.43. The van der Waals surface area contributed by atoms with E-state index in [-0.39, 0.29) is 5.56 Å². The van der Waals surface area contributed by atoms with Crippen LogP contribution in [0.5, 0.6) is 0 Å². The van der Waals surface area contributed by atoms with Gasteiger partial charge in [-0.25, -0.2) is 4.98 Å². The molecule has 0 aliphatic heterocycles. The van der Waals surface area contributed by atoms with Crippen LogP contribution >= 0.6 is 15.9 Å². The van der Waals surface area contributed by atoms with E-state index in [0.29, 0.717) is 11.9 Å². The Hall–Kier alpha value is -1.88. The van der Waals surface area contributed by atoms with Crippen LogP contribution in [0.3, 0.4) is 0 Å². The van der Waals surface area contributed by atoms with Gasteiger partial charge in [0, 0.05) is 23.9 Å². The molecule has 96 valence electrons. The van der Waals surface area contributed by atoms with Gasteiger partial charge in [0.15, 0.2) is 0 Å². The summed E-state index contributed by atoms with van der Waals surface area (Å²) in [6.45, 7) is 0.524. The summed E-state index contributed by atoms with van der Waals surface area (Å²) < 4.78 is 4.49. The van der Waals surface area contributed by atoms with Gasteiger partial charge in [0.25, 0.3) is 5.56 Å². The summed E-state index contributed by atoms with van der Waals surface area (Å²) in [5.74, 6) is 0. The number of fused-ring (bicyclic) bond motifs is 1. The highest BCUT2D eigenvalue weighted by atomic mass is 79.9. The average molecular weight is 318 g/mol. The zero-order chi connectivity index (χ0) is 13.4. The molecule has 0 aliphatic carbocycles. The molecule has 2 aromatic heterocycles. The number of hydrogen-bond acceptors (Lipinski definition) is 2. The van der Waals surface area contributed by atoms with Crippen molar-refractivity contribution in [3.05, 3.63) is 63.4 Å². The Labute approximate surface area is 118 Å². The first-order valence-corrected chi connectivity index (χ1v) is 6.68. The van der Waals surface area contributed by atoms with E-state index in [0.717, 1.165) is 15.6 Å². The smallest absolute Gasteiger partial charge is 0.263 e. The van der Waals surface area contributed by atoms with Gasteiger partial charge in [0.1, 0.15) is 0 Å². The van der Waals surface area contributed by atoms with Gasteiger partial charge < -0.3 is 4.57 Å². The van der Waals surface area contributed by atoms with E-state index < -0.39 is 0 Å². The van der Waals surface area contributed by atoms with Crippen LogP contribution in [0.4, 0.5) is 0 Å². The Bertz CT molecular complexity index is 804. The summed E-state index contributed by atoms with van der Waals surface area (Å²) in [4.78, 5) is 16.6. The van der Waals surface area contributed by atoms with Gasteiger partial charge in [-0.15, -0.1) is 0 Å². The molecule has 0 atom stereocenters. The van der Waals surface area contributed by atoms with Crippen molar-refractivity contribution in [1.29, 1.82) is 0 Å². The molecule has 0 aliphatic rings. The molecule has 1 aromatic carbocycles. The maximum atomic E-state index is 12.3.